The number of aromatic nitrogens is 1. The Morgan fingerprint density at radius 2 is 1.94 bits per heavy atom. The third kappa shape index (κ3) is 6.45. The Morgan fingerprint density at radius 1 is 1.24 bits per heavy atom. The number of hydrogen-bond acceptors (Lipinski definition) is 5. The number of ether oxygens (including phenoxy) is 1. The van der Waals surface area contributed by atoms with E-state index in [0.29, 0.717) is 36.9 Å². The first kappa shape index (κ1) is 25.9. The van der Waals surface area contributed by atoms with E-state index in [9.17, 15) is 14.0 Å². The SMILES string of the molecule is Cc1ncc(C(=O)Nc2cc(Cl)cc(CN3CCN(C(=O)OC(C)(C)C)[C@@H](C)C3)c2C)cc1F. The van der Waals surface area contributed by atoms with Crippen molar-refractivity contribution >= 4 is 29.3 Å². The Hall–Kier alpha value is -2.71. The third-order valence-electron chi connectivity index (χ3n) is 5.75. The second kappa shape index (κ2) is 10.3. The third-order valence-corrected chi connectivity index (χ3v) is 5.97. The minimum Gasteiger partial charge on any atom is -0.444 e. The number of nitrogens with zero attached hydrogens (tertiary/aromatic N) is 3. The zero-order chi connectivity index (χ0) is 25.2. The standard InChI is InChI=1S/C25H32ClFN4O3/c1-15-13-30(7-8-31(15)24(33)34-25(4,5)6)14-19-9-20(26)11-22(16(19)2)29-23(32)18-10-21(27)17(3)28-12-18/h9-12,15H,7-8,13-14H2,1-6H3,(H,29,32)/t15-/m0/s1. The summed E-state index contributed by atoms with van der Waals surface area (Å²) in [4.78, 5) is 33.1. The molecular formula is C25H32ClFN4O3. The van der Waals surface area contributed by atoms with Gasteiger partial charge in [-0.1, -0.05) is 11.6 Å². The second-order valence-electron chi connectivity index (χ2n) is 9.74. The number of carbonyl (C=O) groups is 2. The molecule has 0 aliphatic carbocycles. The number of anilines is 1. The van der Waals surface area contributed by atoms with Gasteiger partial charge in [-0.2, -0.15) is 0 Å². The van der Waals surface area contributed by atoms with Gasteiger partial charge in [-0.25, -0.2) is 9.18 Å². The fourth-order valence-corrected chi connectivity index (χ4v) is 4.10. The topological polar surface area (TPSA) is 74.8 Å². The second-order valence-corrected chi connectivity index (χ2v) is 10.2. The monoisotopic (exact) mass is 490 g/mol. The summed E-state index contributed by atoms with van der Waals surface area (Å²) in [6, 6.07) is 4.72. The molecule has 7 nitrogen and oxygen atoms in total. The molecule has 9 heteroatoms. The highest BCUT2D eigenvalue weighted by atomic mass is 35.5. The molecule has 1 fully saturated rings. The van der Waals surface area contributed by atoms with Crippen LogP contribution < -0.4 is 5.32 Å². The quantitative estimate of drug-likeness (QED) is 0.638. The van der Waals surface area contributed by atoms with Gasteiger partial charge in [0.15, 0.2) is 0 Å². The van der Waals surface area contributed by atoms with Crippen LogP contribution in [0.2, 0.25) is 5.02 Å². The number of hydrogen-bond donors (Lipinski definition) is 1. The van der Waals surface area contributed by atoms with Crippen LogP contribution in [0, 0.1) is 19.7 Å². The predicted octanol–water partition coefficient (Wildman–Crippen LogP) is 5.18. The molecule has 0 bridgehead atoms. The van der Waals surface area contributed by atoms with E-state index in [2.05, 4.69) is 15.2 Å². The number of pyridine rings is 1. The van der Waals surface area contributed by atoms with Gasteiger partial charge >= 0.3 is 6.09 Å². The predicted molar refractivity (Wildman–Crippen MR) is 131 cm³/mol. The van der Waals surface area contributed by atoms with Gasteiger partial charge in [0.1, 0.15) is 11.4 Å². The minimum absolute atomic E-state index is 0.00815. The highest BCUT2D eigenvalue weighted by Crippen LogP contribution is 2.27. The van der Waals surface area contributed by atoms with Crippen molar-refractivity contribution < 1.29 is 18.7 Å². The molecule has 2 aromatic rings. The Balaban J connectivity index is 1.70. The lowest BCUT2D eigenvalue weighted by Crippen LogP contribution is -2.54. The molecule has 3 rings (SSSR count). The lowest BCUT2D eigenvalue weighted by atomic mass is 10.0. The molecule has 2 heterocycles. The van der Waals surface area contributed by atoms with E-state index in [4.69, 9.17) is 16.3 Å². The van der Waals surface area contributed by atoms with E-state index in [1.165, 1.54) is 12.3 Å². The van der Waals surface area contributed by atoms with Gasteiger partial charge < -0.3 is 15.0 Å². The highest BCUT2D eigenvalue weighted by molar-refractivity contribution is 6.31. The number of aryl methyl sites for hydroxylation is 1. The highest BCUT2D eigenvalue weighted by Gasteiger charge is 2.31. The van der Waals surface area contributed by atoms with Gasteiger partial charge in [0, 0.05) is 49.1 Å². The van der Waals surface area contributed by atoms with E-state index in [0.717, 1.165) is 11.1 Å². The number of amides is 2. The van der Waals surface area contributed by atoms with Crippen molar-refractivity contribution in [2.75, 3.05) is 25.0 Å². The van der Waals surface area contributed by atoms with Crippen molar-refractivity contribution in [2.45, 2.75) is 59.7 Å². The summed E-state index contributed by atoms with van der Waals surface area (Å²) in [6.45, 7) is 13.6. The van der Waals surface area contributed by atoms with Crippen LogP contribution in [-0.2, 0) is 11.3 Å². The average Bonchev–Trinajstić information content (AvgIpc) is 2.72. The minimum atomic E-state index is -0.535. The molecule has 34 heavy (non-hydrogen) atoms. The summed E-state index contributed by atoms with van der Waals surface area (Å²) in [6.07, 6.45) is 1.05. The Kier molecular flexibility index (Phi) is 7.83. The number of nitrogens with one attached hydrogen (secondary N) is 1. The van der Waals surface area contributed by atoms with Crippen LogP contribution in [0.25, 0.3) is 0 Å². The summed E-state index contributed by atoms with van der Waals surface area (Å²) in [5.41, 5.74) is 2.24. The summed E-state index contributed by atoms with van der Waals surface area (Å²) in [7, 11) is 0. The summed E-state index contributed by atoms with van der Waals surface area (Å²) >= 11 is 6.36. The number of halogens is 2. The maximum absolute atomic E-state index is 13.8. The molecule has 1 N–H and O–H groups in total. The summed E-state index contributed by atoms with van der Waals surface area (Å²) in [5.74, 6) is -0.988. The molecule has 0 spiro atoms. The van der Waals surface area contributed by atoms with Crippen molar-refractivity contribution in [1.29, 1.82) is 0 Å². The van der Waals surface area contributed by atoms with Crippen molar-refractivity contribution in [2.24, 2.45) is 0 Å². The molecule has 184 valence electrons. The molecule has 0 unspecified atom stereocenters. The largest absolute Gasteiger partial charge is 0.444 e. The van der Waals surface area contributed by atoms with E-state index in [-0.39, 0.29) is 23.4 Å². The van der Waals surface area contributed by atoms with Crippen molar-refractivity contribution in [1.82, 2.24) is 14.8 Å². The van der Waals surface area contributed by atoms with Gasteiger partial charge in [-0.05, 0) is 70.9 Å². The Morgan fingerprint density at radius 3 is 2.56 bits per heavy atom. The van der Waals surface area contributed by atoms with E-state index in [1.807, 2.05) is 40.7 Å². The normalized spacial score (nSPS) is 16.9. The molecule has 0 saturated carbocycles. The lowest BCUT2D eigenvalue weighted by molar-refractivity contribution is 0.000535. The van der Waals surface area contributed by atoms with Gasteiger partial charge in [-0.3, -0.25) is 14.7 Å². The van der Waals surface area contributed by atoms with Gasteiger partial charge in [0.25, 0.3) is 5.91 Å². The molecule has 1 saturated heterocycles. The number of benzene rings is 1. The van der Waals surface area contributed by atoms with Crippen LogP contribution in [-0.4, -0.2) is 58.1 Å². The average molecular weight is 491 g/mol. The van der Waals surface area contributed by atoms with E-state index in [1.54, 1.807) is 17.9 Å². The first-order chi connectivity index (χ1) is 15.8. The first-order valence-corrected chi connectivity index (χ1v) is 11.7. The maximum atomic E-state index is 13.8. The van der Waals surface area contributed by atoms with Crippen molar-refractivity contribution in [3.8, 4) is 0 Å². The Bertz CT molecular complexity index is 1090. The lowest BCUT2D eigenvalue weighted by Gasteiger charge is -2.40. The van der Waals surface area contributed by atoms with Crippen LogP contribution in [0.5, 0.6) is 0 Å². The molecule has 1 aromatic carbocycles. The number of carbonyl (C=O) groups excluding carboxylic acids is 2. The summed E-state index contributed by atoms with van der Waals surface area (Å²) < 4.78 is 19.4. The van der Waals surface area contributed by atoms with Crippen LogP contribution in [0.3, 0.4) is 0 Å². The molecule has 1 aliphatic rings. The molecular weight excluding hydrogens is 459 g/mol. The van der Waals surface area contributed by atoms with Gasteiger partial charge in [0.2, 0.25) is 0 Å². The van der Waals surface area contributed by atoms with E-state index >= 15 is 0 Å². The molecule has 1 aliphatic heterocycles. The Labute approximate surface area is 205 Å². The fourth-order valence-electron chi connectivity index (χ4n) is 3.86. The van der Waals surface area contributed by atoms with Crippen LogP contribution in [0.15, 0.2) is 24.4 Å². The van der Waals surface area contributed by atoms with Crippen LogP contribution in [0.4, 0.5) is 14.9 Å². The fraction of sp³-hybridized carbons (Fsp3) is 0.480. The van der Waals surface area contributed by atoms with Gasteiger partial charge in [-0.15, -0.1) is 0 Å². The molecule has 1 aromatic heterocycles. The summed E-state index contributed by atoms with van der Waals surface area (Å²) in [5, 5.41) is 3.32. The number of rotatable bonds is 4. The van der Waals surface area contributed by atoms with Crippen LogP contribution in [0.1, 0.15) is 54.9 Å². The molecule has 1 atom stereocenters. The zero-order valence-electron chi connectivity index (χ0n) is 20.5. The smallest absolute Gasteiger partial charge is 0.410 e. The van der Waals surface area contributed by atoms with Gasteiger partial charge in [0.05, 0.1) is 11.3 Å². The maximum Gasteiger partial charge on any atom is 0.410 e. The van der Waals surface area contributed by atoms with E-state index < -0.39 is 17.3 Å². The molecule has 2 amide bonds. The zero-order valence-corrected chi connectivity index (χ0v) is 21.3. The number of piperazine rings is 1. The first-order valence-electron chi connectivity index (χ1n) is 11.3. The van der Waals surface area contributed by atoms with Crippen molar-refractivity contribution in [3.63, 3.8) is 0 Å². The van der Waals surface area contributed by atoms with Crippen molar-refractivity contribution in [3.05, 3.63) is 57.6 Å². The molecule has 0 radical (unpaired) electrons. The van der Waals surface area contributed by atoms with Crippen LogP contribution >= 0.6 is 11.6 Å².